The van der Waals surface area contributed by atoms with E-state index in [4.69, 9.17) is 18.9 Å². The van der Waals surface area contributed by atoms with Crippen LogP contribution in [0.5, 0.6) is 0 Å². The zero-order chi connectivity index (χ0) is 70.4. The molecular weight excluding hydrogens is 1310 g/mol. The molecular formula is C66H79N7O22S2. The molecule has 0 bridgehead atoms. The first-order valence-electron chi connectivity index (χ1n) is 30.9. The van der Waals surface area contributed by atoms with E-state index >= 15 is 0 Å². The first-order chi connectivity index (χ1) is 46.3. The fraction of sp³-hybridized carbons (Fsp3) is 0.424. The lowest BCUT2D eigenvalue weighted by molar-refractivity contribution is -0.385. The van der Waals surface area contributed by atoms with E-state index in [-0.39, 0.29) is 67.2 Å². The summed E-state index contributed by atoms with van der Waals surface area (Å²) in [5.41, 5.74) is 2.98. The monoisotopic (exact) mass is 1390 g/mol. The van der Waals surface area contributed by atoms with Crippen LogP contribution in [0.2, 0.25) is 0 Å². The van der Waals surface area contributed by atoms with E-state index in [9.17, 15) is 89.3 Å². The first-order valence-corrected chi connectivity index (χ1v) is 33.2. The average molecular weight is 1390 g/mol. The Morgan fingerprint density at radius 2 is 0.907 bits per heavy atom. The van der Waals surface area contributed by atoms with Gasteiger partial charge in [0.1, 0.15) is 30.0 Å². The number of thioether (sulfide) groups is 2. The maximum absolute atomic E-state index is 13.2. The number of nitrogens with one attached hydrogen (secondary N) is 6. The van der Waals surface area contributed by atoms with Gasteiger partial charge in [-0.15, -0.1) is 0 Å². The molecule has 31 heteroatoms. The number of carbonyl (C=O) groups is 8. The number of benzene rings is 5. The Morgan fingerprint density at radius 3 is 1.29 bits per heavy atom. The van der Waals surface area contributed by atoms with Crippen molar-refractivity contribution in [3.05, 3.63) is 160 Å². The fourth-order valence-corrected chi connectivity index (χ4v) is 12.3. The molecule has 0 aliphatic carbocycles. The fourth-order valence-electron chi connectivity index (χ4n) is 10.8. The molecule has 0 radical (unpaired) electrons. The largest absolute Gasteiger partial charge is 0.477 e. The number of aliphatic hydroxyl groups excluding tert-OH is 6. The highest BCUT2D eigenvalue weighted by Gasteiger charge is 2.57. The molecule has 0 spiro atoms. The zero-order valence-corrected chi connectivity index (χ0v) is 54.5. The molecule has 97 heavy (non-hydrogen) atoms. The van der Waals surface area contributed by atoms with Crippen LogP contribution in [0.1, 0.15) is 81.0 Å². The lowest BCUT2D eigenvalue weighted by Gasteiger charge is -2.46. The highest BCUT2D eigenvalue weighted by atomic mass is 32.2. The molecule has 5 aromatic carbocycles. The molecule has 2 saturated heterocycles. The third-order valence-corrected chi connectivity index (χ3v) is 17.9. The van der Waals surface area contributed by atoms with Crippen LogP contribution in [-0.4, -0.2) is 228 Å². The number of hydrogen-bond donors (Lipinski definition) is 14. The van der Waals surface area contributed by atoms with Crippen LogP contribution in [0.15, 0.2) is 127 Å². The van der Waals surface area contributed by atoms with Gasteiger partial charge in [0, 0.05) is 87.1 Å². The van der Waals surface area contributed by atoms with E-state index in [0.717, 1.165) is 48.2 Å². The number of aliphatic hydroxyl groups is 6. The van der Waals surface area contributed by atoms with Gasteiger partial charge in [0.25, 0.3) is 40.9 Å². The smallest absolute Gasteiger partial charge is 0.364 e. The maximum Gasteiger partial charge on any atom is 0.364 e. The number of aliphatic carboxylic acids is 2. The molecule has 6 amide bonds. The van der Waals surface area contributed by atoms with Crippen molar-refractivity contribution in [1.29, 1.82) is 0 Å². The number of amides is 6. The number of ether oxygens (including phenoxy) is 4. The third-order valence-electron chi connectivity index (χ3n) is 15.8. The molecule has 2 aliphatic heterocycles. The molecule has 0 saturated carbocycles. The summed E-state index contributed by atoms with van der Waals surface area (Å²) >= 11 is 2.62. The minimum absolute atomic E-state index is 0.0271. The molecule has 522 valence electrons. The highest BCUT2D eigenvalue weighted by Crippen LogP contribution is 2.36. The van der Waals surface area contributed by atoms with Gasteiger partial charge in [-0.1, -0.05) is 84.9 Å². The van der Waals surface area contributed by atoms with Crippen LogP contribution >= 0.6 is 23.5 Å². The van der Waals surface area contributed by atoms with E-state index in [2.05, 4.69) is 31.9 Å². The molecule has 0 unspecified atom stereocenters. The summed E-state index contributed by atoms with van der Waals surface area (Å²) in [6.07, 6.45) is -15.3. The van der Waals surface area contributed by atoms with E-state index in [1.165, 1.54) is 29.6 Å². The third kappa shape index (κ3) is 21.0. The number of nitro groups is 1. The summed E-state index contributed by atoms with van der Waals surface area (Å²) < 4.78 is 23.1. The zero-order valence-electron chi connectivity index (χ0n) is 52.9. The second-order valence-corrected chi connectivity index (χ2v) is 25.3. The Kier molecular flexibility index (Phi) is 28.4. The number of carbonyl (C=O) groups excluding carboxylic acids is 6. The van der Waals surface area contributed by atoms with Gasteiger partial charge in [-0.25, -0.2) is 9.59 Å². The number of rotatable bonds is 35. The molecule has 7 rings (SSSR count). The molecule has 0 aromatic heterocycles. The lowest BCUT2D eigenvalue weighted by atomic mass is 9.88. The molecule has 5 aromatic rings. The molecule has 2 aliphatic rings. The summed E-state index contributed by atoms with van der Waals surface area (Å²) in [4.78, 5) is 113. The van der Waals surface area contributed by atoms with E-state index < -0.39 is 156 Å². The Labute approximate surface area is 565 Å². The second kappa shape index (κ2) is 36.2. The van der Waals surface area contributed by atoms with Gasteiger partial charge in [-0.2, -0.15) is 23.5 Å². The van der Waals surface area contributed by atoms with Crippen molar-refractivity contribution in [2.24, 2.45) is 0 Å². The summed E-state index contributed by atoms with van der Waals surface area (Å²) in [5, 5.41) is 115. The minimum atomic E-state index is -2.55. The van der Waals surface area contributed by atoms with Crippen molar-refractivity contribution in [2.45, 2.75) is 112 Å². The maximum atomic E-state index is 13.2. The molecule has 2 heterocycles. The van der Waals surface area contributed by atoms with Crippen LogP contribution in [-0.2, 0) is 38.1 Å². The summed E-state index contributed by atoms with van der Waals surface area (Å²) in [6.45, 7) is 0.771. The van der Waals surface area contributed by atoms with Crippen LogP contribution in [0.25, 0.3) is 22.3 Å². The molecule has 2 fully saturated rings. The quantitative estimate of drug-likeness (QED) is 0.0156. The number of nitrogens with zero attached hydrogens (tertiary/aromatic N) is 1. The normalized spacial score (nSPS) is 21.9. The van der Waals surface area contributed by atoms with Crippen LogP contribution in [0.3, 0.4) is 0 Å². The topological polar surface area (TPSA) is 451 Å². The number of carboxylic acids is 2. The predicted molar refractivity (Wildman–Crippen MR) is 353 cm³/mol. The number of hydrogen-bond acceptors (Lipinski definition) is 22. The predicted octanol–water partition coefficient (Wildman–Crippen LogP) is 1.84. The van der Waals surface area contributed by atoms with Crippen LogP contribution in [0.4, 0.5) is 5.69 Å². The van der Waals surface area contributed by atoms with Gasteiger partial charge < -0.3 is 91.7 Å². The number of nitro benzene ring substituents is 1. The Morgan fingerprint density at radius 1 is 0.536 bits per heavy atom. The van der Waals surface area contributed by atoms with Crippen molar-refractivity contribution >= 4 is 76.6 Å². The van der Waals surface area contributed by atoms with E-state index in [1.807, 2.05) is 60.7 Å². The number of carboxylic acid groups (broad SMARTS) is 2. The summed E-state index contributed by atoms with van der Waals surface area (Å²) in [6, 6.07) is 32.6. The van der Waals surface area contributed by atoms with Gasteiger partial charge in [-0.05, 0) is 83.0 Å². The van der Waals surface area contributed by atoms with Crippen molar-refractivity contribution in [3.8, 4) is 22.3 Å². The van der Waals surface area contributed by atoms with Crippen molar-refractivity contribution in [3.63, 3.8) is 0 Å². The van der Waals surface area contributed by atoms with Gasteiger partial charge in [-0.3, -0.25) is 38.9 Å². The van der Waals surface area contributed by atoms with E-state index in [0.29, 0.717) is 17.3 Å². The summed E-state index contributed by atoms with van der Waals surface area (Å²) in [5.74, 6) is -11.2. The molecule has 29 nitrogen and oxygen atoms in total. The van der Waals surface area contributed by atoms with Gasteiger partial charge in [0.05, 0.1) is 54.6 Å². The minimum Gasteiger partial charge on any atom is -0.477 e. The van der Waals surface area contributed by atoms with Crippen molar-refractivity contribution < 1.29 is 103 Å². The van der Waals surface area contributed by atoms with Gasteiger partial charge in [0.15, 0.2) is 0 Å². The first kappa shape index (κ1) is 75.9. The SMILES string of the molecule is CC(=O)N[C@H]1[C@H]([C@H](O)[C@H](O)CNC(=O)c2ccc(-c3ccccc3)cc2)O[C@@](OCCCSCCNC(=O)c2ccc(C(=O)NCCSCCCO[C@]3(C(=O)O)C[C@H](O)[C@@H](NC(C)=O)[C@H]([C@H](O)[C@H](O)CNC(=O)c4ccc(-c5ccccc5)cc4)O3)c([N+](=O)[O-])c2)(C(=O)O)C[C@@H]1O. The molecule has 12 atom stereocenters. The Balaban J connectivity index is 0.805. The Bertz CT molecular complexity index is 3510. The van der Waals surface area contributed by atoms with Crippen molar-refractivity contribution in [1.82, 2.24) is 31.9 Å². The van der Waals surface area contributed by atoms with Crippen molar-refractivity contribution in [2.75, 3.05) is 62.4 Å². The highest BCUT2D eigenvalue weighted by molar-refractivity contribution is 7.99. The summed E-state index contributed by atoms with van der Waals surface area (Å²) in [7, 11) is 0. The standard InChI is InChI=1S/C66H79N7O22S2/c1-38(74)71-53-49(76)34-65(63(86)87,94-57(53)55(80)51(78)36-69-59(82)44-19-15-42(16-20-44)40-11-5-3-6-12-40)92-27-9-29-96-31-25-67-61(84)46-23-24-47(48(33-46)73(90)91)62(85)68-26-32-97-30-10-28-93-66(64(88)89)35-50(77)54(72-39(2)75)58(95-66)56(81)52(79)37-70-60(83)45-21-17-43(18-22-45)41-13-7-4-8-14-41/h3-8,11-24,33,49-58,76-81H,9-10,25-32,34-37H2,1-2H3,(H,67,84)(H,68,85)(H,69,82)(H,70,83)(H,71,74)(H,72,75)(H,86,87)(H,88,89)/t49-,50-,51+,52+,53+,54+,55+,56+,57+,58+,65+,66+/m0/s1. The van der Waals surface area contributed by atoms with Crippen LogP contribution < -0.4 is 31.9 Å². The van der Waals surface area contributed by atoms with E-state index in [1.54, 1.807) is 48.5 Å². The van der Waals surface area contributed by atoms with Gasteiger partial charge in [0.2, 0.25) is 11.8 Å². The average Bonchev–Trinajstić information content (AvgIpc) is 0.778. The molecule has 14 N–H and O–H groups in total. The lowest BCUT2D eigenvalue weighted by Crippen LogP contribution is -2.68. The van der Waals surface area contributed by atoms with Gasteiger partial charge >= 0.3 is 11.9 Å². The van der Waals surface area contributed by atoms with Crippen LogP contribution in [0, 0.1) is 10.1 Å². The second-order valence-electron chi connectivity index (χ2n) is 22.8. The Hall–Kier alpha value is -8.44.